The summed E-state index contributed by atoms with van der Waals surface area (Å²) in [5.74, 6) is -0.222. The number of rotatable bonds is 6. The smallest absolute Gasteiger partial charge is 0.406 e. The van der Waals surface area contributed by atoms with Crippen molar-refractivity contribution in [3.05, 3.63) is 48.3 Å². The first kappa shape index (κ1) is 16.3. The average molecular weight is 309 g/mol. The zero-order valence-corrected chi connectivity index (χ0v) is 12.4. The first-order valence-corrected chi connectivity index (χ1v) is 7.29. The first-order valence-electron chi connectivity index (χ1n) is 7.29. The maximum absolute atomic E-state index is 12.1. The second-order valence-corrected chi connectivity index (χ2v) is 5.07. The predicted octanol–water partition coefficient (Wildman–Crippen LogP) is 5.38. The average Bonchev–Trinajstić information content (AvgIpc) is 2.48. The molecule has 0 aliphatic rings. The van der Waals surface area contributed by atoms with E-state index < -0.39 is 6.36 Å². The van der Waals surface area contributed by atoms with Crippen LogP contribution in [0.2, 0.25) is 0 Å². The molecular weight excluding hydrogens is 291 g/mol. The van der Waals surface area contributed by atoms with E-state index >= 15 is 0 Å². The Labute approximate surface area is 128 Å². The lowest BCUT2D eigenvalue weighted by atomic mass is 10.1. The number of aryl methyl sites for hydroxylation is 1. The molecule has 2 rings (SSSR count). The van der Waals surface area contributed by atoms with E-state index in [0.717, 1.165) is 29.7 Å². The van der Waals surface area contributed by atoms with Crippen LogP contribution in [0.1, 0.15) is 31.9 Å². The molecule has 1 heterocycles. The summed E-state index contributed by atoms with van der Waals surface area (Å²) in [5, 5.41) is 0. The number of pyridine rings is 1. The van der Waals surface area contributed by atoms with Crippen molar-refractivity contribution in [2.45, 2.75) is 39.0 Å². The molecule has 118 valence electrons. The molecule has 0 bridgehead atoms. The monoisotopic (exact) mass is 309 g/mol. The van der Waals surface area contributed by atoms with Gasteiger partial charge in [-0.2, -0.15) is 0 Å². The highest BCUT2D eigenvalue weighted by molar-refractivity contribution is 5.63. The lowest BCUT2D eigenvalue weighted by molar-refractivity contribution is -0.274. The van der Waals surface area contributed by atoms with E-state index in [1.165, 1.54) is 25.0 Å². The number of aromatic nitrogens is 1. The number of halogens is 3. The maximum atomic E-state index is 12.1. The summed E-state index contributed by atoms with van der Waals surface area (Å²) in [5.41, 5.74) is 2.72. The van der Waals surface area contributed by atoms with Gasteiger partial charge in [-0.3, -0.25) is 4.98 Å². The lowest BCUT2D eigenvalue weighted by Crippen LogP contribution is -2.16. The van der Waals surface area contributed by atoms with Gasteiger partial charge in [0.05, 0.1) is 0 Å². The molecular formula is C17H18F3NO. The van der Waals surface area contributed by atoms with Crippen LogP contribution in [0.15, 0.2) is 42.6 Å². The van der Waals surface area contributed by atoms with Crippen molar-refractivity contribution in [2.24, 2.45) is 0 Å². The molecule has 0 aliphatic heterocycles. The van der Waals surface area contributed by atoms with Crippen LogP contribution in [0.25, 0.3) is 11.1 Å². The minimum absolute atomic E-state index is 0.222. The maximum Gasteiger partial charge on any atom is 0.573 e. The normalized spacial score (nSPS) is 11.5. The second-order valence-electron chi connectivity index (χ2n) is 5.07. The van der Waals surface area contributed by atoms with Crippen molar-refractivity contribution < 1.29 is 17.9 Å². The quantitative estimate of drug-likeness (QED) is 0.668. The van der Waals surface area contributed by atoms with Crippen molar-refractivity contribution >= 4 is 0 Å². The third-order valence-corrected chi connectivity index (χ3v) is 3.28. The van der Waals surface area contributed by atoms with E-state index in [1.54, 1.807) is 18.3 Å². The Morgan fingerprint density at radius 3 is 2.18 bits per heavy atom. The van der Waals surface area contributed by atoms with Crippen LogP contribution in [0, 0.1) is 0 Å². The van der Waals surface area contributed by atoms with Crippen molar-refractivity contribution in [3.8, 4) is 16.9 Å². The molecule has 5 heteroatoms. The lowest BCUT2D eigenvalue weighted by Gasteiger charge is -2.09. The van der Waals surface area contributed by atoms with Gasteiger partial charge in [0, 0.05) is 17.5 Å². The number of hydrogen-bond acceptors (Lipinski definition) is 2. The Morgan fingerprint density at radius 2 is 1.64 bits per heavy atom. The highest BCUT2D eigenvalue weighted by Gasteiger charge is 2.30. The summed E-state index contributed by atoms with van der Waals surface area (Å²) in [7, 11) is 0. The molecule has 0 saturated heterocycles. The zero-order chi connectivity index (χ0) is 16.0. The molecule has 0 fully saturated rings. The van der Waals surface area contributed by atoms with E-state index in [-0.39, 0.29) is 5.75 Å². The second kappa shape index (κ2) is 7.29. The molecule has 0 unspecified atom stereocenters. The first-order chi connectivity index (χ1) is 10.5. The molecule has 0 aliphatic carbocycles. The van der Waals surface area contributed by atoms with Crippen molar-refractivity contribution in [3.63, 3.8) is 0 Å². The van der Waals surface area contributed by atoms with Gasteiger partial charge >= 0.3 is 6.36 Å². The summed E-state index contributed by atoms with van der Waals surface area (Å²) in [6.45, 7) is 2.16. The largest absolute Gasteiger partial charge is 0.573 e. The Hall–Kier alpha value is -2.04. The van der Waals surface area contributed by atoms with Crippen LogP contribution in [0.5, 0.6) is 5.75 Å². The Morgan fingerprint density at radius 1 is 0.955 bits per heavy atom. The Kier molecular flexibility index (Phi) is 5.41. The van der Waals surface area contributed by atoms with Gasteiger partial charge in [0.15, 0.2) is 0 Å². The number of nitrogens with zero attached hydrogens (tertiary/aromatic N) is 1. The van der Waals surface area contributed by atoms with E-state index in [2.05, 4.69) is 16.6 Å². The molecule has 0 amide bonds. The zero-order valence-electron chi connectivity index (χ0n) is 12.4. The van der Waals surface area contributed by atoms with E-state index in [1.807, 2.05) is 12.1 Å². The molecule has 0 N–H and O–H groups in total. The summed E-state index contributed by atoms with van der Waals surface area (Å²) in [4.78, 5) is 4.40. The number of unbranched alkanes of at least 4 members (excludes halogenated alkanes) is 2. The SMILES string of the molecule is CCCCCc1ccc(-c2ccc(OC(F)(F)F)cc2)cn1. The van der Waals surface area contributed by atoms with Crippen LogP contribution in [-0.4, -0.2) is 11.3 Å². The van der Waals surface area contributed by atoms with Crippen LogP contribution in [0.4, 0.5) is 13.2 Å². The molecule has 0 radical (unpaired) electrons. The topological polar surface area (TPSA) is 22.1 Å². The minimum atomic E-state index is -4.66. The molecule has 22 heavy (non-hydrogen) atoms. The molecule has 0 spiro atoms. The number of ether oxygens (including phenoxy) is 1. The van der Waals surface area contributed by atoms with Gasteiger partial charge in [-0.05, 0) is 36.6 Å². The van der Waals surface area contributed by atoms with Gasteiger partial charge in [-0.15, -0.1) is 13.2 Å². The van der Waals surface area contributed by atoms with Gasteiger partial charge in [0.25, 0.3) is 0 Å². The molecule has 0 saturated carbocycles. The van der Waals surface area contributed by atoms with Crippen molar-refractivity contribution in [1.29, 1.82) is 0 Å². The molecule has 2 aromatic rings. The highest BCUT2D eigenvalue weighted by atomic mass is 19.4. The van der Waals surface area contributed by atoms with Crippen molar-refractivity contribution in [2.75, 3.05) is 0 Å². The highest BCUT2D eigenvalue weighted by Crippen LogP contribution is 2.26. The Bertz CT molecular complexity index is 576. The van der Waals surface area contributed by atoms with Gasteiger partial charge in [0.2, 0.25) is 0 Å². The standard InChI is InChI=1S/C17H18F3NO/c1-2-3-4-5-15-9-6-14(12-21-15)13-7-10-16(11-8-13)22-17(18,19)20/h6-12H,2-5H2,1H3. The van der Waals surface area contributed by atoms with E-state index in [9.17, 15) is 13.2 Å². The third kappa shape index (κ3) is 5.06. The van der Waals surface area contributed by atoms with Gasteiger partial charge in [-0.25, -0.2) is 0 Å². The summed E-state index contributed by atoms with van der Waals surface area (Å²) >= 11 is 0. The van der Waals surface area contributed by atoms with Gasteiger partial charge in [-0.1, -0.05) is 38.0 Å². The van der Waals surface area contributed by atoms with Crippen LogP contribution in [-0.2, 0) is 6.42 Å². The Balaban J connectivity index is 2.02. The van der Waals surface area contributed by atoms with Crippen LogP contribution < -0.4 is 4.74 Å². The fraction of sp³-hybridized carbons (Fsp3) is 0.353. The summed E-state index contributed by atoms with van der Waals surface area (Å²) < 4.78 is 40.2. The minimum Gasteiger partial charge on any atom is -0.406 e. The van der Waals surface area contributed by atoms with E-state index in [0.29, 0.717) is 0 Å². The van der Waals surface area contributed by atoms with Crippen LogP contribution in [0.3, 0.4) is 0 Å². The van der Waals surface area contributed by atoms with Crippen molar-refractivity contribution in [1.82, 2.24) is 4.98 Å². The number of hydrogen-bond donors (Lipinski definition) is 0. The molecule has 1 aromatic heterocycles. The summed E-state index contributed by atoms with van der Waals surface area (Å²) in [6, 6.07) is 9.69. The van der Waals surface area contributed by atoms with Gasteiger partial charge in [0.1, 0.15) is 5.75 Å². The summed E-state index contributed by atoms with van der Waals surface area (Å²) in [6.07, 6.45) is 1.51. The number of benzene rings is 1. The molecule has 0 atom stereocenters. The van der Waals surface area contributed by atoms with Gasteiger partial charge < -0.3 is 4.74 Å². The molecule has 1 aromatic carbocycles. The third-order valence-electron chi connectivity index (χ3n) is 3.28. The number of alkyl halides is 3. The molecule has 2 nitrogen and oxygen atoms in total. The fourth-order valence-corrected chi connectivity index (χ4v) is 2.15. The van der Waals surface area contributed by atoms with E-state index in [4.69, 9.17) is 0 Å². The fourth-order valence-electron chi connectivity index (χ4n) is 2.15. The van der Waals surface area contributed by atoms with Crippen LogP contribution >= 0.6 is 0 Å². The predicted molar refractivity (Wildman–Crippen MR) is 79.6 cm³/mol.